The van der Waals surface area contributed by atoms with E-state index in [4.69, 9.17) is 5.41 Å². The number of halogens is 3. The van der Waals surface area contributed by atoms with Crippen molar-refractivity contribution in [2.45, 2.75) is 38.5 Å². The number of aliphatic hydroxyl groups is 1. The summed E-state index contributed by atoms with van der Waals surface area (Å²) >= 11 is 0. The number of alkyl halides is 2. The monoisotopic (exact) mass is 499 g/mol. The molecule has 34 heavy (non-hydrogen) atoms. The van der Waals surface area contributed by atoms with Crippen LogP contribution in [0.4, 0.5) is 24.5 Å². The molecular formula is C22H24F3N3O5S. The van der Waals surface area contributed by atoms with Gasteiger partial charge in [-0.3, -0.25) is 4.79 Å². The van der Waals surface area contributed by atoms with Gasteiger partial charge < -0.3 is 25.9 Å². The fraction of sp³-hybridized carbons (Fsp3) is 0.364. The first kappa shape index (κ1) is 25.5. The van der Waals surface area contributed by atoms with Crippen LogP contribution >= 0.6 is 0 Å². The van der Waals surface area contributed by atoms with Crippen LogP contribution in [0.2, 0.25) is 0 Å². The van der Waals surface area contributed by atoms with Crippen molar-refractivity contribution in [3.05, 3.63) is 53.3 Å². The van der Waals surface area contributed by atoms with Crippen molar-refractivity contribution in [3.63, 3.8) is 0 Å². The second kappa shape index (κ2) is 8.91. The number of nitrogens with one attached hydrogen (secondary N) is 3. The number of carbonyl (C=O) groups excluding carboxylic acids is 1. The highest BCUT2D eigenvalue weighted by molar-refractivity contribution is 7.93. The molecule has 1 amide bonds. The van der Waals surface area contributed by atoms with Gasteiger partial charge in [-0.15, -0.1) is 0 Å². The third-order valence-electron chi connectivity index (χ3n) is 5.05. The number of carbonyl (C=O) groups is 1. The summed E-state index contributed by atoms with van der Waals surface area (Å²) in [5.41, 5.74) is -3.58. The fourth-order valence-corrected chi connectivity index (χ4v) is 5.63. The molecule has 2 aromatic carbocycles. The summed E-state index contributed by atoms with van der Waals surface area (Å²) in [5.74, 6) is -2.39. The van der Waals surface area contributed by atoms with E-state index in [0.29, 0.717) is 0 Å². The van der Waals surface area contributed by atoms with E-state index in [0.717, 1.165) is 6.07 Å². The van der Waals surface area contributed by atoms with E-state index in [1.807, 2.05) is 0 Å². The van der Waals surface area contributed by atoms with Crippen molar-refractivity contribution >= 4 is 32.8 Å². The average Bonchev–Trinajstić information content (AvgIpc) is 2.66. The predicted octanol–water partition coefficient (Wildman–Crippen LogP) is 3.23. The van der Waals surface area contributed by atoms with Gasteiger partial charge in [-0.05, 0) is 45.0 Å². The van der Waals surface area contributed by atoms with Crippen LogP contribution in [0, 0.1) is 11.2 Å². The maximum absolute atomic E-state index is 15.2. The Morgan fingerprint density at radius 3 is 2.44 bits per heavy atom. The molecule has 0 atom stereocenters. The molecule has 8 nitrogen and oxygen atoms in total. The van der Waals surface area contributed by atoms with Gasteiger partial charge in [0.2, 0.25) is 0 Å². The van der Waals surface area contributed by atoms with Gasteiger partial charge in [0.15, 0.2) is 9.84 Å². The SMILES string of the molecule is CC1(NC(=O)c2cc(F)c(Nc3cccc(OC(F)F)c3)c(C(=N)C(C)(C)O)c2)CS(=O)(=O)C1. The van der Waals surface area contributed by atoms with E-state index < -0.39 is 45.0 Å². The molecule has 1 fully saturated rings. The molecule has 184 valence electrons. The van der Waals surface area contributed by atoms with Crippen LogP contribution in [-0.4, -0.2) is 54.4 Å². The normalized spacial score (nSPS) is 16.5. The van der Waals surface area contributed by atoms with E-state index in [-0.39, 0.29) is 39.8 Å². The minimum atomic E-state index is -3.24. The largest absolute Gasteiger partial charge is 0.435 e. The third kappa shape index (κ3) is 5.86. The topological polar surface area (TPSA) is 129 Å². The molecule has 1 aliphatic rings. The van der Waals surface area contributed by atoms with Crippen molar-refractivity contribution < 1.29 is 36.2 Å². The van der Waals surface area contributed by atoms with Crippen LogP contribution in [0.25, 0.3) is 0 Å². The highest BCUT2D eigenvalue weighted by Crippen LogP contribution is 2.31. The number of hydrogen-bond donors (Lipinski definition) is 4. The van der Waals surface area contributed by atoms with Crippen LogP contribution < -0.4 is 15.4 Å². The lowest BCUT2D eigenvalue weighted by Gasteiger charge is -2.38. The molecule has 12 heteroatoms. The van der Waals surface area contributed by atoms with Crippen molar-refractivity contribution in [3.8, 4) is 5.75 Å². The Bertz CT molecular complexity index is 1230. The van der Waals surface area contributed by atoms with E-state index in [1.54, 1.807) is 6.92 Å². The first-order valence-corrected chi connectivity index (χ1v) is 11.9. The summed E-state index contributed by atoms with van der Waals surface area (Å²) in [4.78, 5) is 12.7. The van der Waals surface area contributed by atoms with Gasteiger partial charge in [0, 0.05) is 22.9 Å². The Morgan fingerprint density at radius 1 is 1.24 bits per heavy atom. The van der Waals surface area contributed by atoms with E-state index >= 15 is 4.39 Å². The lowest BCUT2D eigenvalue weighted by Crippen LogP contribution is -2.63. The standard InChI is InChI=1S/C22H24F3N3O5S/c1-21(2,30)18(26)15-7-12(19(29)28-22(3)10-34(31,32)11-22)8-16(23)17(15)27-13-5-4-6-14(9-13)33-20(24)25/h4-9,20,26-27,30H,10-11H2,1-3H3,(H,28,29). The number of amides is 1. The molecule has 1 saturated heterocycles. The molecule has 2 aromatic rings. The summed E-state index contributed by atoms with van der Waals surface area (Å²) in [7, 11) is -3.24. The van der Waals surface area contributed by atoms with Crippen molar-refractivity contribution in [1.82, 2.24) is 5.32 Å². The quantitative estimate of drug-likeness (QED) is 0.413. The highest BCUT2D eigenvalue weighted by atomic mass is 32.2. The number of rotatable bonds is 8. The molecule has 0 unspecified atom stereocenters. The minimum Gasteiger partial charge on any atom is -0.435 e. The zero-order valence-corrected chi connectivity index (χ0v) is 19.4. The lowest BCUT2D eigenvalue weighted by molar-refractivity contribution is -0.0498. The van der Waals surface area contributed by atoms with Crippen LogP contribution in [0.1, 0.15) is 36.7 Å². The van der Waals surface area contributed by atoms with E-state index in [1.165, 1.54) is 44.2 Å². The summed E-state index contributed by atoms with van der Waals surface area (Å²) in [6, 6.07) is 7.41. The maximum atomic E-state index is 15.2. The Balaban J connectivity index is 1.98. The van der Waals surface area contributed by atoms with Gasteiger partial charge in [-0.1, -0.05) is 6.07 Å². The second-order valence-electron chi connectivity index (χ2n) is 8.89. The Morgan fingerprint density at radius 2 is 1.88 bits per heavy atom. The summed E-state index contributed by atoms with van der Waals surface area (Å²) < 4.78 is 67.6. The van der Waals surface area contributed by atoms with Crippen molar-refractivity contribution in [1.29, 1.82) is 5.41 Å². The molecule has 0 bridgehead atoms. The number of hydrogen-bond acceptors (Lipinski definition) is 7. The Labute approximate surface area is 194 Å². The summed E-state index contributed by atoms with van der Waals surface area (Å²) in [6.45, 7) is 1.10. The molecule has 0 spiro atoms. The van der Waals surface area contributed by atoms with E-state index in [2.05, 4.69) is 15.4 Å². The molecule has 0 saturated carbocycles. The van der Waals surface area contributed by atoms with E-state index in [9.17, 15) is 27.1 Å². The van der Waals surface area contributed by atoms with Gasteiger partial charge >= 0.3 is 6.61 Å². The van der Waals surface area contributed by atoms with Crippen LogP contribution in [0.5, 0.6) is 5.75 Å². The smallest absolute Gasteiger partial charge is 0.387 e. The molecular weight excluding hydrogens is 475 g/mol. The van der Waals surface area contributed by atoms with Gasteiger partial charge in [0.1, 0.15) is 17.2 Å². The van der Waals surface area contributed by atoms with Crippen LogP contribution in [0.3, 0.4) is 0 Å². The molecule has 0 aliphatic carbocycles. The number of sulfone groups is 1. The lowest BCUT2D eigenvalue weighted by atomic mass is 9.92. The van der Waals surface area contributed by atoms with Gasteiger partial charge in [-0.25, -0.2) is 12.8 Å². The van der Waals surface area contributed by atoms with Crippen LogP contribution in [0.15, 0.2) is 36.4 Å². The second-order valence-corrected chi connectivity index (χ2v) is 11.0. The Hall–Kier alpha value is -3.12. The zero-order valence-electron chi connectivity index (χ0n) is 18.6. The first-order chi connectivity index (χ1) is 15.6. The van der Waals surface area contributed by atoms with Gasteiger partial charge in [0.05, 0.1) is 28.4 Å². The van der Waals surface area contributed by atoms with Gasteiger partial charge in [0.25, 0.3) is 5.91 Å². The summed E-state index contributed by atoms with van der Waals surface area (Å²) in [5, 5.41) is 23.9. The highest BCUT2D eigenvalue weighted by Gasteiger charge is 2.46. The van der Waals surface area contributed by atoms with Crippen LogP contribution in [-0.2, 0) is 9.84 Å². The average molecular weight is 500 g/mol. The third-order valence-corrected chi connectivity index (χ3v) is 7.21. The number of anilines is 2. The molecule has 1 heterocycles. The summed E-state index contributed by atoms with van der Waals surface area (Å²) in [6.07, 6.45) is 0. The fourth-order valence-electron chi connectivity index (χ4n) is 3.63. The Kier molecular flexibility index (Phi) is 6.68. The molecule has 3 rings (SSSR count). The number of benzene rings is 2. The molecule has 4 N–H and O–H groups in total. The van der Waals surface area contributed by atoms with Gasteiger partial charge in [-0.2, -0.15) is 8.78 Å². The first-order valence-electron chi connectivity index (χ1n) is 10.1. The molecule has 0 radical (unpaired) electrons. The molecule has 0 aromatic heterocycles. The minimum absolute atomic E-state index is 0.149. The van der Waals surface area contributed by atoms with Crippen molar-refractivity contribution in [2.24, 2.45) is 0 Å². The maximum Gasteiger partial charge on any atom is 0.387 e. The predicted molar refractivity (Wildman–Crippen MR) is 120 cm³/mol. The van der Waals surface area contributed by atoms with Crippen molar-refractivity contribution in [2.75, 3.05) is 16.8 Å². The number of ether oxygens (including phenoxy) is 1. The zero-order chi connectivity index (χ0) is 25.5. The molecule has 1 aliphatic heterocycles.